The molecular formula is C14H18O2Si2. The summed E-state index contributed by atoms with van der Waals surface area (Å²) >= 11 is 0. The van der Waals surface area contributed by atoms with Crippen LogP contribution in [0.1, 0.15) is 0 Å². The zero-order valence-corrected chi connectivity index (χ0v) is 13.7. The topological polar surface area (TPSA) is 18.5 Å². The van der Waals surface area contributed by atoms with Crippen LogP contribution in [0.4, 0.5) is 0 Å². The van der Waals surface area contributed by atoms with Gasteiger partial charge >= 0.3 is 0 Å². The van der Waals surface area contributed by atoms with Crippen LogP contribution in [0, 0.1) is 0 Å². The summed E-state index contributed by atoms with van der Waals surface area (Å²) in [5.41, 5.74) is 2.52. The van der Waals surface area contributed by atoms with Crippen LogP contribution in [0.3, 0.4) is 0 Å². The minimum absolute atomic E-state index is 0.521. The molecule has 0 unspecified atom stereocenters. The third-order valence-corrected chi connectivity index (χ3v) is 5.05. The van der Waals surface area contributed by atoms with Gasteiger partial charge in [0.05, 0.1) is 0 Å². The molecule has 2 rings (SSSR count). The van der Waals surface area contributed by atoms with Gasteiger partial charge in [0.1, 0.15) is 0 Å². The number of hydrogen-bond acceptors (Lipinski definition) is 2. The Morgan fingerprint density at radius 2 is 0.944 bits per heavy atom. The Labute approximate surface area is 113 Å². The fourth-order valence-electron chi connectivity index (χ4n) is 1.92. The summed E-state index contributed by atoms with van der Waals surface area (Å²) in [6.07, 6.45) is 0. The van der Waals surface area contributed by atoms with E-state index in [0.717, 1.165) is 0 Å². The lowest BCUT2D eigenvalue weighted by Crippen LogP contribution is -2.15. The lowest BCUT2D eigenvalue weighted by atomic mass is 10.1. The molecule has 0 radical (unpaired) electrons. The second-order valence-corrected chi connectivity index (χ2v) is 7.62. The highest BCUT2D eigenvalue weighted by Crippen LogP contribution is 2.16. The molecule has 18 heavy (non-hydrogen) atoms. The fraction of sp³-hybridized carbons (Fsp3) is 0.143. The van der Waals surface area contributed by atoms with Crippen LogP contribution in [0.15, 0.2) is 48.5 Å². The highest BCUT2D eigenvalue weighted by atomic mass is 28.2. The van der Waals surface area contributed by atoms with Gasteiger partial charge in [-0.05, 0) is 21.5 Å². The normalized spacial score (nSPS) is 11.9. The highest BCUT2D eigenvalue weighted by Gasteiger charge is 1.99. The van der Waals surface area contributed by atoms with Gasteiger partial charge in [-0.2, -0.15) is 0 Å². The van der Waals surface area contributed by atoms with Crippen LogP contribution in [0.5, 0.6) is 0 Å². The predicted molar refractivity (Wildman–Crippen MR) is 82.3 cm³/mol. The Bertz CT molecular complexity index is 433. The molecule has 0 spiro atoms. The number of benzene rings is 2. The number of rotatable bonds is 5. The van der Waals surface area contributed by atoms with Gasteiger partial charge in [0.15, 0.2) is 19.5 Å². The third kappa shape index (κ3) is 3.40. The molecule has 0 fully saturated rings. The van der Waals surface area contributed by atoms with Crippen LogP contribution >= 0.6 is 0 Å². The Balaban J connectivity index is 2.15. The molecule has 0 aliphatic heterocycles. The van der Waals surface area contributed by atoms with Crippen LogP contribution in [0.25, 0.3) is 11.1 Å². The van der Waals surface area contributed by atoms with Crippen LogP contribution < -0.4 is 10.4 Å². The van der Waals surface area contributed by atoms with Crippen molar-refractivity contribution in [3.05, 3.63) is 48.5 Å². The van der Waals surface area contributed by atoms with E-state index in [1.807, 2.05) is 0 Å². The molecule has 0 aromatic heterocycles. The average Bonchev–Trinajstić information content (AvgIpc) is 2.41. The van der Waals surface area contributed by atoms with Crippen molar-refractivity contribution in [3.63, 3.8) is 0 Å². The van der Waals surface area contributed by atoms with Gasteiger partial charge in [-0.15, -0.1) is 0 Å². The monoisotopic (exact) mass is 274 g/mol. The molecule has 0 aliphatic carbocycles. The summed E-state index contributed by atoms with van der Waals surface area (Å²) in [6.45, 7) is 0. The van der Waals surface area contributed by atoms with Crippen molar-refractivity contribution in [3.8, 4) is 11.1 Å². The lowest BCUT2D eigenvalue weighted by molar-refractivity contribution is 0.450. The van der Waals surface area contributed by atoms with Crippen LogP contribution in [-0.2, 0) is 8.85 Å². The maximum Gasteiger partial charge on any atom is 0.191 e. The van der Waals surface area contributed by atoms with E-state index >= 15 is 0 Å². The molecule has 2 nitrogen and oxygen atoms in total. The summed E-state index contributed by atoms with van der Waals surface area (Å²) in [7, 11) is 2.51. The summed E-state index contributed by atoms with van der Waals surface area (Å²) in [4.78, 5) is 0. The average molecular weight is 274 g/mol. The second kappa shape index (κ2) is 6.65. The summed E-state index contributed by atoms with van der Waals surface area (Å²) < 4.78 is 10.5. The van der Waals surface area contributed by atoms with Crippen LogP contribution in [0.2, 0.25) is 0 Å². The Morgan fingerprint density at radius 3 is 1.22 bits per heavy atom. The quantitative estimate of drug-likeness (QED) is 0.718. The maximum atomic E-state index is 5.25. The summed E-state index contributed by atoms with van der Waals surface area (Å²) in [5, 5.41) is 2.68. The molecule has 0 amide bonds. The van der Waals surface area contributed by atoms with Crippen LogP contribution in [-0.4, -0.2) is 33.7 Å². The molecule has 2 aromatic rings. The van der Waals surface area contributed by atoms with Gasteiger partial charge in [-0.3, -0.25) is 0 Å². The van der Waals surface area contributed by atoms with E-state index < -0.39 is 19.5 Å². The molecule has 94 valence electrons. The first-order valence-electron chi connectivity index (χ1n) is 5.99. The lowest BCUT2D eigenvalue weighted by Gasteiger charge is -2.05. The molecule has 0 heterocycles. The Morgan fingerprint density at radius 1 is 0.611 bits per heavy atom. The largest absolute Gasteiger partial charge is 0.422 e. The van der Waals surface area contributed by atoms with E-state index in [-0.39, 0.29) is 0 Å². The smallest absolute Gasteiger partial charge is 0.191 e. The van der Waals surface area contributed by atoms with Crippen molar-refractivity contribution in [2.24, 2.45) is 0 Å². The summed E-state index contributed by atoms with van der Waals surface area (Å²) in [6, 6.07) is 17.4. The van der Waals surface area contributed by atoms with Gasteiger partial charge in [-0.1, -0.05) is 48.5 Å². The fourth-order valence-corrected chi connectivity index (χ4v) is 3.44. The molecule has 0 bridgehead atoms. The first kappa shape index (κ1) is 13.2. The highest BCUT2D eigenvalue weighted by molar-refractivity contribution is 6.47. The predicted octanol–water partition coefficient (Wildman–Crippen LogP) is 0.0646. The van der Waals surface area contributed by atoms with E-state index in [4.69, 9.17) is 8.85 Å². The number of hydrogen-bond donors (Lipinski definition) is 0. The minimum atomic E-state index is -0.521. The molecule has 0 saturated heterocycles. The molecule has 0 saturated carbocycles. The zero-order chi connectivity index (χ0) is 12.8. The van der Waals surface area contributed by atoms with E-state index in [1.54, 1.807) is 14.2 Å². The molecular weight excluding hydrogens is 256 g/mol. The standard InChI is InChI=1S/C14H18O2Si2/c1-15-17-13-7-3-11(4-8-13)12-5-9-14(10-6-12)18-16-2/h3-10H,17-18H2,1-2H3. The Kier molecular flexibility index (Phi) is 4.89. The van der Waals surface area contributed by atoms with Gasteiger partial charge < -0.3 is 8.85 Å². The van der Waals surface area contributed by atoms with Crippen molar-refractivity contribution < 1.29 is 8.85 Å². The van der Waals surface area contributed by atoms with Crippen molar-refractivity contribution in [1.82, 2.24) is 0 Å². The summed E-state index contributed by atoms with van der Waals surface area (Å²) in [5.74, 6) is 0. The van der Waals surface area contributed by atoms with Gasteiger partial charge in [-0.25, -0.2) is 0 Å². The minimum Gasteiger partial charge on any atom is -0.422 e. The van der Waals surface area contributed by atoms with Gasteiger partial charge in [0.2, 0.25) is 0 Å². The molecule has 4 heteroatoms. The van der Waals surface area contributed by atoms with E-state index in [2.05, 4.69) is 48.5 Å². The molecule has 0 atom stereocenters. The third-order valence-electron chi connectivity index (χ3n) is 2.86. The molecule has 0 N–H and O–H groups in total. The van der Waals surface area contributed by atoms with E-state index in [1.165, 1.54) is 21.5 Å². The zero-order valence-electron chi connectivity index (χ0n) is 10.8. The molecule has 0 aliphatic rings. The first-order chi connectivity index (χ1) is 8.83. The Hall–Kier alpha value is -1.21. The van der Waals surface area contributed by atoms with E-state index in [9.17, 15) is 0 Å². The SMILES string of the molecule is CO[SiH2]c1ccc(-c2ccc([SiH2]OC)cc2)cc1. The van der Waals surface area contributed by atoms with E-state index in [0.29, 0.717) is 0 Å². The maximum absolute atomic E-state index is 5.25. The second-order valence-electron chi connectivity index (χ2n) is 4.26. The van der Waals surface area contributed by atoms with Gasteiger partial charge in [0, 0.05) is 14.2 Å². The first-order valence-corrected chi connectivity index (χ1v) is 8.56. The molecule has 2 aromatic carbocycles. The van der Waals surface area contributed by atoms with Gasteiger partial charge in [0.25, 0.3) is 0 Å². The van der Waals surface area contributed by atoms with Crippen molar-refractivity contribution in [1.29, 1.82) is 0 Å². The van der Waals surface area contributed by atoms with Crippen molar-refractivity contribution in [2.75, 3.05) is 14.2 Å². The van der Waals surface area contributed by atoms with Crippen molar-refractivity contribution >= 4 is 29.9 Å². The van der Waals surface area contributed by atoms with Crippen molar-refractivity contribution in [2.45, 2.75) is 0 Å².